The van der Waals surface area contributed by atoms with Gasteiger partial charge < -0.3 is 24.1 Å². The molecule has 2 heterocycles. The van der Waals surface area contributed by atoms with Crippen LogP contribution in [0.3, 0.4) is 0 Å². The number of nitrogens with zero attached hydrogens (tertiary/aromatic N) is 2. The minimum atomic E-state index is 0.259. The molecule has 1 aliphatic heterocycles. The second kappa shape index (κ2) is 10.3. The van der Waals surface area contributed by atoms with Crippen molar-refractivity contribution in [2.24, 2.45) is 0 Å². The first kappa shape index (κ1) is 21.2. The van der Waals surface area contributed by atoms with E-state index in [-0.39, 0.29) is 5.69 Å². The van der Waals surface area contributed by atoms with Crippen molar-refractivity contribution in [1.29, 1.82) is 5.26 Å². The van der Waals surface area contributed by atoms with Crippen molar-refractivity contribution in [2.45, 2.75) is 6.61 Å². The SMILES string of the molecule is N#Cc1nc(-c2ccc(OCc3ccc(Cl)cc3)cc2)oc1NCC[NH+]1CCOCC1. The summed E-state index contributed by atoms with van der Waals surface area (Å²) in [6, 6.07) is 17.1. The van der Waals surface area contributed by atoms with Gasteiger partial charge in [-0.25, -0.2) is 0 Å². The fourth-order valence-electron chi connectivity index (χ4n) is 3.34. The molecule has 0 radical (unpaired) electrons. The van der Waals surface area contributed by atoms with Gasteiger partial charge in [0.1, 0.15) is 31.5 Å². The van der Waals surface area contributed by atoms with Gasteiger partial charge in [0.15, 0.2) is 0 Å². The minimum absolute atomic E-state index is 0.259. The summed E-state index contributed by atoms with van der Waals surface area (Å²) in [6.07, 6.45) is 0. The van der Waals surface area contributed by atoms with Crippen LogP contribution < -0.4 is 15.0 Å². The Labute approximate surface area is 186 Å². The van der Waals surface area contributed by atoms with E-state index in [0.717, 1.165) is 49.7 Å². The number of hydrogen-bond donors (Lipinski definition) is 2. The summed E-state index contributed by atoms with van der Waals surface area (Å²) in [5.41, 5.74) is 2.08. The highest BCUT2D eigenvalue weighted by atomic mass is 35.5. The van der Waals surface area contributed by atoms with Crippen LogP contribution in [0.15, 0.2) is 52.9 Å². The number of aromatic nitrogens is 1. The quantitative estimate of drug-likeness (QED) is 0.561. The molecule has 1 aromatic heterocycles. The van der Waals surface area contributed by atoms with E-state index in [1.807, 2.05) is 48.5 Å². The Morgan fingerprint density at radius 2 is 1.84 bits per heavy atom. The summed E-state index contributed by atoms with van der Waals surface area (Å²) in [7, 11) is 0. The zero-order valence-electron chi connectivity index (χ0n) is 17.1. The second-order valence-corrected chi connectivity index (χ2v) is 7.72. The molecule has 0 bridgehead atoms. The molecule has 2 N–H and O–H groups in total. The van der Waals surface area contributed by atoms with Gasteiger partial charge in [0.2, 0.25) is 17.5 Å². The maximum absolute atomic E-state index is 9.40. The number of nitriles is 1. The molecule has 7 nitrogen and oxygen atoms in total. The molecule has 1 aliphatic rings. The number of oxazole rings is 1. The molecule has 31 heavy (non-hydrogen) atoms. The molecule has 3 aromatic rings. The zero-order chi connectivity index (χ0) is 21.5. The molecule has 8 heteroatoms. The van der Waals surface area contributed by atoms with E-state index in [9.17, 15) is 5.26 Å². The summed E-state index contributed by atoms with van der Waals surface area (Å²) < 4.78 is 17.0. The Bertz CT molecular complexity index is 1020. The maximum atomic E-state index is 9.40. The zero-order valence-corrected chi connectivity index (χ0v) is 17.8. The van der Waals surface area contributed by atoms with Gasteiger partial charge >= 0.3 is 0 Å². The van der Waals surface area contributed by atoms with Gasteiger partial charge in [0, 0.05) is 10.6 Å². The molecule has 1 fully saturated rings. The van der Waals surface area contributed by atoms with Crippen LogP contribution in [0.1, 0.15) is 11.3 Å². The average molecular weight is 440 g/mol. The molecule has 0 unspecified atom stereocenters. The molecule has 0 spiro atoms. The van der Waals surface area contributed by atoms with Crippen molar-refractivity contribution in [1.82, 2.24) is 4.98 Å². The van der Waals surface area contributed by atoms with E-state index in [2.05, 4.69) is 16.4 Å². The number of rotatable bonds is 8. The summed E-state index contributed by atoms with van der Waals surface area (Å²) in [5, 5.41) is 13.3. The first-order chi connectivity index (χ1) is 15.2. The monoisotopic (exact) mass is 439 g/mol. The Hall–Kier alpha value is -3.05. The highest BCUT2D eigenvalue weighted by molar-refractivity contribution is 6.30. The van der Waals surface area contributed by atoms with Gasteiger partial charge in [-0.1, -0.05) is 23.7 Å². The number of benzene rings is 2. The first-order valence-electron chi connectivity index (χ1n) is 10.2. The Morgan fingerprint density at radius 1 is 1.10 bits per heavy atom. The fraction of sp³-hybridized carbons (Fsp3) is 0.304. The fourth-order valence-corrected chi connectivity index (χ4v) is 3.47. The Morgan fingerprint density at radius 3 is 2.55 bits per heavy atom. The van der Waals surface area contributed by atoms with E-state index >= 15 is 0 Å². The molecular formula is C23H24ClN4O3+. The molecule has 0 amide bonds. The van der Waals surface area contributed by atoms with Crippen molar-refractivity contribution in [3.8, 4) is 23.3 Å². The van der Waals surface area contributed by atoms with Crippen LogP contribution in [-0.4, -0.2) is 44.4 Å². The third kappa shape index (κ3) is 5.76. The van der Waals surface area contributed by atoms with E-state index in [1.165, 1.54) is 4.90 Å². The standard InChI is InChI=1S/C23H23ClN4O3/c24-19-5-1-17(2-6-19)16-30-20-7-3-18(4-8-20)22-27-21(15-25)23(31-22)26-9-10-28-11-13-29-14-12-28/h1-8,26H,9-14,16H2/p+1. The highest BCUT2D eigenvalue weighted by Gasteiger charge is 2.17. The van der Waals surface area contributed by atoms with Gasteiger partial charge in [0.25, 0.3) is 0 Å². The van der Waals surface area contributed by atoms with Crippen LogP contribution in [0.4, 0.5) is 5.88 Å². The van der Waals surface area contributed by atoms with Crippen LogP contribution in [-0.2, 0) is 11.3 Å². The van der Waals surface area contributed by atoms with E-state index in [4.69, 9.17) is 25.5 Å². The van der Waals surface area contributed by atoms with Crippen molar-refractivity contribution in [2.75, 3.05) is 44.7 Å². The molecule has 0 atom stereocenters. The van der Waals surface area contributed by atoms with Gasteiger partial charge in [-0.2, -0.15) is 10.2 Å². The van der Waals surface area contributed by atoms with E-state index < -0.39 is 0 Å². The largest absolute Gasteiger partial charge is 0.489 e. The second-order valence-electron chi connectivity index (χ2n) is 7.29. The molecular weight excluding hydrogens is 416 g/mol. The lowest BCUT2D eigenvalue weighted by Gasteiger charge is -2.23. The van der Waals surface area contributed by atoms with Crippen LogP contribution >= 0.6 is 11.6 Å². The van der Waals surface area contributed by atoms with Crippen molar-refractivity contribution < 1.29 is 18.8 Å². The number of quaternary nitrogens is 1. The van der Waals surface area contributed by atoms with Crippen molar-refractivity contribution in [3.05, 3.63) is 64.8 Å². The van der Waals surface area contributed by atoms with Crippen molar-refractivity contribution >= 4 is 17.5 Å². The normalized spacial score (nSPS) is 14.2. The smallest absolute Gasteiger partial charge is 0.232 e. The summed E-state index contributed by atoms with van der Waals surface area (Å²) in [4.78, 5) is 5.80. The van der Waals surface area contributed by atoms with Gasteiger partial charge in [-0.3, -0.25) is 0 Å². The Kier molecular flexibility index (Phi) is 7.05. The van der Waals surface area contributed by atoms with E-state index in [0.29, 0.717) is 29.9 Å². The van der Waals surface area contributed by atoms with Gasteiger partial charge in [0.05, 0.1) is 26.3 Å². The van der Waals surface area contributed by atoms with Crippen LogP contribution in [0, 0.1) is 11.3 Å². The molecule has 2 aromatic carbocycles. The lowest BCUT2D eigenvalue weighted by Crippen LogP contribution is -3.14. The van der Waals surface area contributed by atoms with Gasteiger partial charge in [-0.05, 0) is 42.0 Å². The molecule has 0 aliphatic carbocycles. The molecule has 1 saturated heterocycles. The number of ether oxygens (including phenoxy) is 2. The predicted molar refractivity (Wildman–Crippen MR) is 117 cm³/mol. The highest BCUT2D eigenvalue weighted by Crippen LogP contribution is 2.27. The number of morpholine rings is 1. The van der Waals surface area contributed by atoms with Crippen LogP contribution in [0.2, 0.25) is 5.02 Å². The first-order valence-corrected chi connectivity index (χ1v) is 10.6. The minimum Gasteiger partial charge on any atom is -0.489 e. The Balaban J connectivity index is 1.35. The van der Waals surface area contributed by atoms with Crippen molar-refractivity contribution in [3.63, 3.8) is 0 Å². The summed E-state index contributed by atoms with van der Waals surface area (Å²) >= 11 is 5.91. The third-order valence-corrected chi connectivity index (χ3v) is 5.37. The number of anilines is 1. The predicted octanol–water partition coefficient (Wildman–Crippen LogP) is 2.77. The lowest BCUT2D eigenvalue weighted by atomic mass is 10.2. The maximum Gasteiger partial charge on any atom is 0.232 e. The number of nitrogens with one attached hydrogen (secondary N) is 2. The van der Waals surface area contributed by atoms with Crippen LogP contribution in [0.25, 0.3) is 11.5 Å². The van der Waals surface area contributed by atoms with Gasteiger partial charge in [-0.15, -0.1) is 0 Å². The topological polar surface area (TPSA) is 84.8 Å². The number of hydrogen-bond acceptors (Lipinski definition) is 6. The van der Waals surface area contributed by atoms with Crippen LogP contribution in [0.5, 0.6) is 5.75 Å². The molecule has 0 saturated carbocycles. The lowest BCUT2D eigenvalue weighted by molar-refractivity contribution is -0.906. The average Bonchev–Trinajstić information content (AvgIpc) is 3.23. The number of halogens is 1. The summed E-state index contributed by atoms with van der Waals surface area (Å²) in [5.74, 6) is 1.55. The molecule has 4 rings (SSSR count). The third-order valence-electron chi connectivity index (χ3n) is 5.12. The van der Waals surface area contributed by atoms with E-state index in [1.54, 1.807) is 0 Å². The molecule has 160 valence electrons. The summed E-state index contributed by atoms with van der Waals surface area (Å²) in [6.45, 7) is 5.68.